The average Bonchev–Trinajstić information content (AvgIpc) is 2.97. The molecule has 1 N–H and O–H groups in total. The number of aromatic nitrogens is 2. The summed E-state index contributed by atoms with van der Waals surface area (Å²) in [5.74, 6) is 0. The van der Waals surface area contributed by atoms with E-state index in [1.807, 2.05) is 12.5 Å². The minimum Gasteiger partial charge on any atom is -0.378 e. The molecule has 1 unspecified atom stereocenters. The highest BCUT2D eigenvalue weighted by Gasteiger charge is 2.35. The van der Waals surface area contributed by atoms with Crippen molar-refractivity contribution < 1.29 is 9.47 Å². The van der Waals surface area contributed by atoms with Crippen LogP contribution in [-0.4, -0.2) is 41.5 Å². The Hall–Kier alpha value is -0.910. The zero-order valence-corrected chi connectivity index (χ0v) is 11.5. The smallest absolute Gasteiger partial charge is 0.111 e. The lowest BCUT2D eigenvalue weighted by Gasteiger charge is -2.27. The molecule has 0 aliphatic carbocycles. The number of nitrogens with one attached hydrogen (secondary N) is 1. The van der Waals surface area contributed by atoms with Crippen molar-refractivity contribution in [3.8, 4) is 0 Å². The summed E-state index contributed by atoms with van der Waals surface area (Å²) in [6.07, 6.45) is 4.73. The van der Waals surface area contributed by atoms with Gasteiger partial charge in [-0.3, -0.25) is 0 Å². The van der Waals surface area contributed by atoms with Crippen LogP contribution in [0.15, 0.2) is 12.5 Å². The van der Waals surface area contributed by atoms with E-state index in [1.54, 1.807) is 7.11 Å². The first-order valence-electron chi connectivity index (χ1n) is 6.50. The van der Waals surface area contributed by atoms with Crippen LogP contribution in [0.4, 0.5) is 0 Å². The largest absolute Gasteiger partial charge is 0.378 e. The number of nitrogens with zero attached hydrogens (tertiary/aromatic N) is 2. The molecule has 1 aromatic rings. The first-order chi connectivity index (χ1) is 8.65. The van der Waals surface area contributed by atoms with Crippen LogP contribution in [0.5, 0.6) is 0 Å². The summed E-state index contributed by atoms with van der Waals surface area (Å²) < 4.78 is 13.3. The Kier molecular flexibility index (Phi) is 4.37. The first-order valence-corrected chi connectivity index (χ1v) is 6.50. The highest BCUT2D eigenvalue weighted by Crippen LogP contribution is 2.25. The monoisotopic (exact) mass is 253 g/mol. The fraction of sp³-hybridized carbons (Fsp3) is 0.769. The summed E-state index contributed by atoms with van der Waals surface area (Å²) in [6, 6.07) is 0.472. The third kappa shape index (κ3) is 3.10. The van der Waals surface area contributed by atoms with Crippen molar-refractivity contribution >= 4 is 0 Å². The number of ether oxygens (including phenoxy) is 2. The Labute approximate surface area is 108 Å². The van der Waals surface area contributed by atoms with Crippen LogP contribution in [0.1, 0.15) is 26.0 Å². The molecular formula is C13H23N3O2. The van der Waals surface area contributed by atoms with E-state index in [1.165, 1.54) is 5.69 Å². The molecule has 0 saturated carbocycles. The second kappa shape index (κ2) is 5.82. The van der Waals surface area contributed by atoms with Crippen molar-refractivity contribution in [3.05, 3.63) is 18.2 Å². The molecule has 1 atom stereocenters. The maximum atomic E-state index is 5.66. The number of imidazole rings is 1. The van der Waals surface area contributed by atoms with Gasteiger partial charge in [0.25, 0.3) is 0 Å². The lowest BCUT2D eigenvalue weighted by Crippen LogP contribution is -2.37. The van der Waals surface area contributed by atoms with E-state index in [0.717, 1.165) is 26.1 Å². The topological polar surface area (TPSA) is 48.3 Å². The van der Waals surface area contributed by atoms with Gasteiger partial charge in [0.2, 0.25) is 0 Å². The Morgan fingerprint density at radius 3 is 3.06 bits per heavy atom. The van der Waals surface area contributed by atoms with E-state index < -0.39 is 0 Å². The van der Waals surface area contributed by atoms with Gasteiger partial charge in [-0.25, -0.2) is 4.98 Å². The highest BCUT2D eigenvalue weighted by atomic mass is 16.5. The molecule has 1 aromatic heterocycles. The second-order valence-electron chi connectivity index (χ2n) is 5.24. The maximum absolute atomic E-state index is 5.66. The van der Waals surface area contributed by atoms with Gasteiger partial charge in [0.05, 0.1) is 25.2 Å². The summed E-state index contributed by atoms with van der Waals surface area (Å²) in [5.41, 5.74) is 1.000. The Morgan fingerprint density at radius 1 is 1.61 bits per heavy atom. The first kappa shape index (κ1) is 13.5. The van der Waals surface area contributed by atoms with Gasteiger partial charge in [-0.05, 0) is 0 Å². The molecule has 0 spiro atoms. The molecule has 0 amide bonds. The summed E-state index contributed by atoms with van der Waals surface area (Å²) in [6.45, 7) is 7.36. The number of hydrogen-bond acceptors (Lipinski definition) is 4. The lowest BCUT2D eigenvalue weighted by molar-refractivity contribution is -0.0300. The molecule has 1 saturated heterocycles. The molecule has 2 heterocycles. The summed E-state index contributed by atoms with van der Waals surface area (Å²) >= 11 is 0. The Balaban J connectivity index is 2.02. The van der Waals surface area contributed by atoms with E-state index in [2.05, 4.69) is 28.7 Å². The van der Waals surface area contributed by atoms with Crippen LogP contribution in [0.3, 0.4) is 0 Å². The van der Waals surface area contributed by atoms with E-state index in [9.17, 15) is 0 Å². The van der Waals surface area contributed by atoms with Crippen molar-refractivity contribution in [3.63, 3.8) is 0 Å². The van der Waals surface area contributed by atoms with Crippen molar-refractivity contribution in [2.24, 2.45) is 0 Å². The third-order valence-corrected chi connectivity index (χ3v) is 3.45. The Morgan fingerprint density at radius 2 is 2.44 bits per heavy atom. The van der Waals surface area contributed by atoms with Crippen LogP contribution >= 0.6 is 0 Å². The SMILES string of the molecule is COC1(Cn2cncc2CNC(C)C)CCOC1. The quantitative estimate of drug-likeness (QED) is 0.827. The highest BCUT2D eigenvalue weighted by molar-refractivity contribution is 5.00. The van der Waals surface area contributed by atoms with Gasteiger partial charge in [0.1, 0.15) is 5.60 Å². The van der Waals surface area contributed by atoms with Gasteiger partial charge < -0.3 is 19.4 Å². The zero-order chi connectivity index (χ0) is 13.0. The molecule has 5 heteroatoms. The van der Waals surface area contributed by atoms with Gasteiger partial charge in [0.15, 0.2) is 0 Å². The third-order valence-electron chi connectivity index (χ3n) is 3.45. The number of rotatable bonds is 6. The number of methoxy groups -OCH3 is 1. The fourth-order valence-electron chi connectivity index (χ4n) is 2.20. The van der Waals surface area contributed by atoms with Crippen molar-refractivity contribution in [2.75, 3.05) is 20.3 Å². The molecule has 0 aromatic carbocycles. The summed E-state index contributed by atoms with van der Waals surface area (Å²) in [5, 5.41) is 3.41. The normalized spacial score (nSPS) is 24.0. The second-order valence-corrected chi connectivity index (χ2v) is 5.24. The molecule has 102 valence electrons. The minimum absolute atomic E-state index is 0.187. The van der Waals surface area contributed by atoms with Crippen molar-refractivity contribution in [2.45, 2.75) is 45.0 Å². The van der Waals surface area contributed by atoms with E-state index >= 15 is 0 Å². The lowest BCUT2D eigenvalue weighted by atomic mass is 10.0. The molecule has 18 heavy (non-hydrogen) atoms. The van der Waals surface area contributed by atoms with Crippen LogP contribution in [0, 0.1) is 0 Å². The number of hydrogen-bond donors (Lipinski definition) is 1. The van der Waals surface area contributed by atoms with E-state index in [0.29, 0.717) is 12.6 Å². The maximum Gasteiger partial charge on any atom is 0.111 e. The minimum atomic E-state index is -0.187. The predicted octanol–water partition coefficient (Wildman–Crippen LogP) is 1.19. The molecule has 2 rings (SSSR count). The molecule has 5 nitrogen and oxygen atoms in total. The van der Waals surface area contributed by atoms with Crippen LogP contribution < -0.4 is 5.32 Å². The standard InChI is InChI=1S/C13H23N3O2/c1-11(2)15-7-12-6-14-10-16(12)8-13(17-3)4-5-18-9-13/h6,10-11,15H,4-5,7-9H2,1-3H3. The van der Waals surface area contributed by atoms with Gasteiger partial charge >= 0.3 is 0 Å². The van der Waals surface area contributed by atoms with Crippen molar-refractivity contribution in [1.29, 1.82) is 0 Å². The van der Waals surface area contributed by atoms with Crippen LogP contribution in [0.2, 0.25) is 0 Å². The Bertz CT molecular complexity index is 370. The fourth-order valence-corrected chi connectivity index (χ4v) is 2.20. The van der Waals surface area contributed by atoms with Gasteiger partial charge in [-0.1, -0.05) is 13.8 Å². The summed E-state index contributed by atoms with van der Waals surface area (Å²) in [4.78, 5) is 4.23. The van der Waals surface area contributed by atoms with E-state index in [4.69, 9.17) is 9.47 Å². The molecule has 1 aliphatic rings. The molecule has 0 bridgehead atoms. The predicted molar refractivity (Wildman–Crippen MR) is 69.4 cm³/mol. The molecule has 0 radical (unpaired) electrons. The molecule has 1 aliphatic heterocycles. The van der Waals surface area contributed by atoms with Crippen LogP contribution in [-0.2, 0) is 22.6 Å². The molecular weight excluding hydrogens is 230 g/mol. The summed E-state index contributed by atoms with van der Waals surface area (Å²) in [7, 11) is 1.76. The van der Waals surface area contributed by atoms with Crippen LogP contribution in [0.25, 0.3) is 0 Å². The average molecular weight is 253 g/mol. The molecule has 1 fully saturated rings. The van der Waals surface area contributed by atoms with Gasteiger partial charge in [-0.15, -0.1) is 0 Å². The van der Waals surface area contributed by atoms with Gasteiger partial charge in [-0.2, -0.15) is 0 Å². The van der Waals surface area contributed by atoms with E-state index in [-0.39, 0.29) is 5.60 Å². The van der Waals surface area contributed by atoms with Gasteiger partial charge in [0, 0.05) is 38.9 Å². The zero-order valence-electron chi connectivity index (χ0n) is 11.5. The van der Waals surface area contributed by atoms with Crippen molar-refractivity contribution in [1.82, 2.24) is 14.9 Å².